The Morgan fingerprint density at radius 1 is 1.14 bits per heavy atom. The summed E-state index contributed by atoms with van der Waals surface area (Å²) in [6.07, 6.45) is 8.54. The zero-order valence-corrected chi connectivity index (χ0v) is 31.7. The van der Waals surface area contributed by atoms with E-state index in [1.165, 1.54) is 11.3 Å². The summed E-state index contributed by atoms with van der Waals surface area (Å²) in [6.45, 7) is 1.74. The molecule has 0 unspecified atom stereocenters. The first-order valence-electron chi connectivity index (χ1n) is 17.4. The van der Waals surface area contributed by atoms with E-state index in [2.05, 4.69) is 36.3 Å². The van der Waals surface area contributed by atoms with E-state index in [4.69, 9.17) is 9.47 Å². The average Bonchev–Trinajstić information content (AvgIpc) is 3.91. The van der Waals surface area contributed by atoms with Crippen LogP contribution in [0.15, 0.2) is 59.1 Å². The van der Waals surface area contributed by atoms with Crippen LogP contribution in [0.2, 0.25) is 0 Å². The van der Waals surface area contributed by atoms with Gasteiger partial charge in [-0.05, 0) is 75.8 Å². The Morgan fingerprint density at radius 3 is 2.75 bits per heavy atom. The van der Waals surface area contributed by atoms with Crippen molar-refractivity contribution in [3.63, 3.8) is 0 Å². The molecule has 7 rings (SSSR count). The molecule has 0 radical (unpaired) electrons. The molecular formula is C36H42BrN5O7S2. The maximum Gasteiger partial charge on any atom is 0.274 e. The summed E-state index contributed by atoms with van der Waals surface area (Å²) in [5.41, 5.74) is 0.0423. The van der Waals surface area contributed by atoms with Crippen LogP contribution in [0.1, 0.15) is 64.7 Å². The molecule has 2 aliphatic heterocycles. The molecule has 3 N–H and O–H groups in total. The first-order chi connectivity index (χ1) is 24.4. The van der Waals surface area contributed by atoms with Crippen LogP contribution in [0.4, 0.5) is 5.69 Å². The van der Waals surface area contributed by atoms with Crippen LogP contribution in [-0.4, -0.2) is 78.2 Å². The normalized spacial score (nSPS) is 28.3. The molecule has 15 heteroatoms. The Hall–Kier alpha value is -3.69. The lowest BCUT2D eigenvalue weighted by atomic mass is 10.0. The number of nitrogens with one attached hydrogen (secondary N) is 3. The van der Waals surface area contributed by atoms with Crippen LogP contribution in [0.25, 0.3) is 10.2 Å². The number of hydrogen-bond acceptors (Lipinski definition) is 10. The van der Waals surface area contributed by atoms with Gasteiger partial charge in [0.25, 0.3) is 11.1 Å². The lowest BCUT2D eigenvalue weighted by Gasteiger charge is -2.30. The summed E-state index contributed by atoms with van der Waals surface area (Å²) >= 11 is 4.88. The second-order valence-corrected chi connectivity index (χ2v) is 18.3. The first-order valence-corrected chi connectivity index (χ1v) is 20.5. The molecule has 2 aromatic carbocycles. The van der Waals surface area contributed by atoms with E-state index in [-0.39, 0.29) is 31.2 Å². The van der Waals surface area contributed by atoms with E-state index in [1.54, 1.807) is 18.9 Å². The third kappa shape index (κ3) is 7.47. The second kappa shape index (κ2) is 14.0. The number of fused-ring (bicyclic) bond motifs is 3. The van der Waals surface area contributed by atoms with Crippen molar-refractivity contribution in [3.8, 4) is 10.9 Å². The molecular weight excluding hydrogens is 758 g/mol. The number of allylic oxidation sites excluding steroid dienone is 1. The van der Waals surface area contributed by atoms with E-state index in [9.17, 15) is 22.8 Å². The number of benzene rings is 2. The highest BCUT2D eigenvalue weighted by Gasteiger charge is 2.63. The third-order valence-corrected chi connectivity index (χ3v) is 14.0. The number of aromatic nitrogens is 1. The van der Waals surface area contributed by atoms with Crippen molar-refractivity contribution in [2.75, 3.05) is 19.0 Å². The lowest BCUT2D eigenvalue weighted by Crippen LogP contribution is -2.58. The van der Waals surface area contributed by atoms with Crippen molar-refractivity contribution in [3.05, 3.63) is 59.1 Å². The van der Waals surface area contributed by atoms with Gasteiger partial charge < -0.3 is 25.0 Å². The maximum absolute atomic E-state index is 14.6. The Bertz CT molecular complexity index is 1980. The fraction of sp³-hybridized carbons (Fsp3) is 0.500. The number of methoxy groups -OCH3 is 1. The molecule has 2 aliphatic carbocycles. The molecule has 3 fully saturated rings. The predicted octanol–water partition coefficient (Wildman–Crippen LogP) is 5.29. The number of anilines is 1. The zero-order valence-electron chi connectivity index (χ0n) is 28.5. The first kappa shape index (κ1) is 35.7. The molecule has 3 aromatic rings. The van der Waals surface area contributed by atoms with E-state index >= 15 is 0 Å². The van der Waals surface area contributed by atoms with Gasteiger partial charge in [-0.1, -0.05) is 58.3 Å². The van der Waals surface area contributed by atoms with Crippen LogP contribution < -0.4 is 24.8 Å². The molecule has 2 saturated carbocycles. The number of carbonyl (C=O) groups is 3. The van der Waals surface area contributed by atoms with Gasteiger partial charge in [-0.3, -0.25) is 19.1 Å². The number of thiazole rings is 1. The Kier molecular flexibility index (Phi) is 9.82. The van der Waals surface area contributed by atoms with E-state index in [0.29, 0.717) is 35.9 Å². The summed E-state index contributed by atoms with van der Waals surface area (Å²) in [5, 5.41) is 6.77. The summed E-state index contributed by atoms with van der Waals surface area (Å²) in [4.78, 5) is 48.9. The molecule has 1 aromatic heterocycles. The van der Waals surface area contributed by atoms with Gasteiger partial charge in [0.15, 0.2) is 0 Å². The summed E-state index contributed by atoms with van der Waals surface area (Å²) in [7, 11) is -2.36. The number of ether oxygens (including phenoxy) is 2. The molecule has 4 aliphatic rings. The molecule has 12 nitrogen and oxygen atoms in total. The van der Waals surface area contributed by atoms with Gasteiger partial charge in [0.2, 0.25) is 21.8 Å². The molecule has 5 atom stereocenters. The highest BCUT2D eigenvalue weighted by Crippen LogP contribution is 2.47. The number of amides is 3. The number of carbonyl (C=O) groups excluding carboxylic acids is 3. The zero-order chi connectivity index (χ0) is 36.0. The Balaban J connectivity index is 1.19. The number of sulfonamides is 1. The number of hydrogen-bond donors (Lipinski definition) is 3. The standard InChI is InChI=1S/C36H42BrN5O7S2/c1-35(15-16-35)51(46,47)41-33(45)36-20-22(36)9-6-4-3-5-7-12-28(38-24-10-8-11-25(18-24)48-2)32(44)42-21-26(19-29(42)31(43)40-36)49-34-39-27-14-13-23(37)17-30(27)50-34/h6,8-11,13-14,17-18,22,26,28-29,38H,3-5,7,12,15-16,19-21H2,1-2H3,(H,40,43)(H,41,45)/b9-6-/t22-,26+,28-,29-,36+/m0/s1. The van der Waals surface area contributed by atoms with Gasteiger partial charge in [0.1, 0.15) is 29.5 Å². The second-order valence-electron chi connectivity index (χ2n) is 14.2. The van der Waals surface area contributed by atoms with Crippen molar-refractivity contribution < 1.29 is 32.3 Å². The van der Waals surface area contributed by atoms with E-state index in [1.807, 2.05) is 54.6 Å². The van der Waals surface area contributed by atoms with Crippen molar-refractivity contribution in [1.29, 1.82) is 0 Å². The topological polar surface area (TPSA) is 156 Å². The molecule has 272 valence electrons. The minimum Gasteiger partial charge on any atom is -0.497 e. The van der Waals surface area contributed by atoms with Gasteiger partial charge in [-0.25, -0.2) is 13.4 Å². The highest BCUT2D eigenvalue weighted by molar-refractivity contribution is 9.10. The fourth-order valence-electron chi connectivity index (χ4n) is 6.93. The fourth-order valence-corrected chi connectivity index (χ4v) is 9.68. The molecule has 0 spiro atoms. The predicted molar refractivity (Wildman–Crippen MR) is 198 cm³/mol. The molecule has 0 bridgehead atoms. The monoisotopic (exact) mass is 799 g/mol. The van der Waals surface area contributed by atoms with Gasteiger partial charge in [-0.2, -0.15) is 0 Å². The lowest BCUT2D eigenvalue weighted by molar-refractivity contribution is -0.140. The third-order valence-electron chi connectivity index (χ3n) is 10.5. The van der Waals surface area contributed by atoms with Crippen molar-refractivity contribution in [1.82, 2.24) is 19.9 Å². The molecule has 3 heterocycles. The van der Waals surface area contributed by atoms with Crippen LogP contribution in [-0.2, 0) is 24.4 Å². The van der Waals surface area contributed by atoms with Crippen molar-refractivity contribution in [2.24, 2.45) is 5.92 Å². The van der Waals surface area contributed by atoms with E-state index < -0.39 is 50.3 Å². The Labute approximate surface area is 309 Å². The molecule has 51 heavy (non-hydrogen) atoms. The van der Waals surface area contributed by atoms with Crippen molar-refractivity contribution >= 4 is 70.9 Å². The summed E-state index contributed by atoms with van der Waals surface area (Å²) in [6, 6.07) is 11.5. The van der Waals surface area contributed by atoms with Crippen LogP contribution in [0, 0.1) is 5.92 Å². The number of rotatable bonds is 8. The van der Waals surface area contributed by atoms with Crippen LogP contribution >= 0.6 is 27.3 Å². The minimum absolute atomic E-state index is 0.127. The van der Waals surface area contributed by atoms with Gasteiger partial charge >= 0.3 is 0 Å². The minimum atomic E-state index is -3.94. The average molecular weight is 801 g/mol. The van der Waals surface area contributed by atoms with E-state index in [0.717, 1.165) is 40.4 Å². The Morgan fingerprint density at radius 2 is 1.96 bits per heavy atom. The SMILES string of the molecule is COc1cccc(N[C@H]2CCCCC/C=C\[C@H]3C[C@@]3(C(=O)NS(=O)(=O)C3(C)CC3)NC(=O)[C@@H]3C[C@@H](Oc4nc5ccc(Br)cc5s4)CN3C2=O)c1. The smallest absolute Gasteiger partial charge is 0.274 e. The summed E-state index contributed by atoms with van der Waals surface area (Å²) in [5.74, 6) is -1.27. The van der Waals surface area contributed by atoms with Gasteiger partial charge in [-0.15, -0.1) is 0 Å². The quantitative estimate of drug-likeness (QED) is 0.258. The number of halogens is 1. The molecule has 1 saturated heterocycles. The largest absolute Gasteiger partial charge is 0.497 e. The summed E-state index contributed by atoms with van der Waals surface area (Å²) < 4.78 is 41.1. The van der Waals surface area contributed by atoms with Crippen LogP contribution in [0.5, 0.6) is 10.9 Å². The van der Waals surface area contributed by atoms with Crippen molar-refractivity contribution in [2.45, 2.75) is 93.2 Å². The highest BCUT2D eigenvalue weighted by atomic mass is 79.9. The molecule has 3 amide bonds. The van der Waals surface area contributed by atoms with Crippen LogP contribution in [0.3, 0.4) is 0 Å². The van der Waals surface area contributed by atoms with Gasteiger partial charge in [0.05, 0.1) is 28.6 Å². The maximum atomic E-state index is 14.6. The van der Waals surface area contributed by atoms with Gasteiger partial charge in [0, 0.05) is 28.6 Å². The number of nitrogens with zero attached hydrogens (tertiary/aromatic N) is 2.